The minimum atomic E-state index is -0.152. The Balaban J connectivity index is 1.37. The van der Waals surface area contributed by atoms with E-state index in [0.717, 1.165) is 30.4 Å². The Bertz CT molecular complexity index is 1170. The van der Waals surface area contributed by atoms with Crippen LogP contribution in [0, 0.1) is 0 Å². The van der Waals surface area contributed by atoms with E-state index in [9.17, 15) is 9.59 Å². The average Bonchev–Trinajstić information content (AvgIpc) is 3.57. The van der Waals surface area contributed by atoms with Crippen LogP contribution >= 0.6 is 22.9 Å². The summed E-state index contributed by atoms with van der Waals surface area (Å²) in [7, 11) is 0. The fourth-order valence-electron chi connectivity index (χ4n) is 4.43. The normalized spacial score (nSPS) is 17.7. The predicted molar refractivity (Wildman–Crippen MR) is 133 cm³/mol. The number of amides is 2. The van der Waals surface area contributed by atoms with E-state index in [1.165, 1.54) is 10.4 Å². The van der Waals surface area contributed by atoms with Crippen LogP contribution in [0.2, 0.25) is 5.02 Å². The monoisotopic (exact) mass is 476 g/mol. The highest BCUT2D eigenvalue weighted by atomic mass is 35.5. The van der Waals surface area contributed by atoms with Gasteiger partial charge in [0.25, 0.3) is 0 Å². The molecule has 1 saturated carbocycles. The fraction of sp³-hybridized carbons (Fsp3) is 0.259. The molecule has 0 spiro atoms. The summed E-state index contributed by atoms with van der Waals surface area (Å²) in [5.41, 5.74) is 3.19. The lowest BCUT2D eigenvalue weighted by Gasteiger charge is -2.37. The fourth-order valence-corrected chi connectivity index (χ4v) is 5.46. The maximum Gasteiger partial charge on any atom is 0.247 e. The summed E-state index contributed by atoms with van der Waals surface area (Å²) >= 11 is 7.86. The van der Waals surface area contributed by atoms with E-state index in [1.807, 2.05) is 65.6 Å². The SMILES string of the molecule is O=C(C=Cc1ccccc1)N(CC(=O)N1CCc2sccc2C1c1ccc(Cl)cc1)C1CC1. The number of hydrogen-bond acceptors (Lipinski definition) is 3. The number of carbonyl (C=O) groups excluding carboxylic acids is 2. The molecule has 2 heterocycles. The minimum Gasteiger partial charge on any atom is -0.330 e. The Morgan fingerprint density at radius 3 is 2.55 bits per heavy atom. The Hall–Kier alpha value is -2.89. The van der Waals surface area contributed by atoms with Crippen molar-refractivity contribution in [2.24, 2.45) is 0 Å². The molecule has 5 rings (SSSR count). The summed E-state index contributed by atoms with van der Waals surface area (Å²) in [6, 6.07) is 19.6. The van der Waals surface area contributed by atoms with Gasteiger partial charge in [-0.15, -0.1) is 11.3 Å². The molecule has 2 aliphatic rings. The van der Waals surface area contributed by atoms with Gasteiger partial charge >= 0.3 is 0 Å². The van der Waals surface area contributed by atoms with Crippen LogP contribution in [0.4, 0.5) is 0 Å². The third kappa shape index (κ3) is 4.90. The zero-order chi connectivity index (χ0) is 22.8. The van der Waals surface area contributed by atoms with Crippen molar-refractivity contribution in [1.82, 2.24) is 9.80 Å². The number of nitrogens with zero attached hydrogens (tertiary/aromatic N) is 2. The third-order valence-corrected chi connectivity index (χ3v) is 7.51. The highest BCUT2D eigenvalue weighted by Crippen LogP contribution is 2.38. The molecule has 1 aliphatic carbocycles. The maximum atomic E-state index is 13.6. The average molecular weight is 477 g/mol. The Kier molecular flexibility index (Phi) is 6.34. The topological polar surface area (TPSA) is 40.6 Å². The number of hydrogen-bond donors (Lipinski definition) is 0. The highest BCUT2D eigenvalue weighted by Gasteiger charge is 2.37. The molecule has 0 bridgehead atoms. The number of halogens is 1. The first-order chi connectivity index (χ1) is 16.1. The van der Waals surface area contributed by atoms with Crippen molar-refractivity contribution < 1.29 is 9.59 Å². The van der Waals surface area contributed by atoms with E-state index in [1.54, 1.807) is 22.3 Å². The van der Waals surface area contributed by atoms with Gasteiger partial charge in [-0.05, 0) is 65.6 Å². The second-order valence-electron chi connectivity index (χ2n) is 8.53. The smallest absolute Gasteiger partial charge is 0.247 e. The summed E-state index contributed by atoms with van der Waals surface area (Å²) in [6.07, 6.45) is 6.15. The lowest BCUT2D eigenvalue weighted by molar-refractivity contribution is -0.140. The van der Waals surface area contributed by atoms with Crippen molar-refractivity contribution in [2.75, 3.05) is 13.1 Å². The van der Waals surface area contributed by atoms with Crippen LogP contribution in [-0.4, -0.2) is 40.7 Å². The summed E-state index contributed by atoms with van der Waals surface area (Å²) in [6.45, 7) is 0.748. The zero-order valence-electron chi connectivity index (χ0n) is 18.2. The molecule has 6 heteroatoms. The maximum absolute atomic E-state index is 13.6. The third-order valence-electron chi connectivity index (χ3n) is 6.27. The predicted octanol–water partition coefficient (Wildman–Crippen LogP) is 5.58. The molecule has 168 valence electrons. The number of thiophene rings is 1. The van der Waals surface area contributed by atoms with Crippen molar-refractivity contribution in [3.8, 4) is 0 Å². The van der Waals surface area contributed by atoms with Gasteiger partial charge in [0, 0.05) is 28.6 Å². The molecule has 0 radical (unpaired) electrons. The largest absolute Gasteiger partial charge is 0.330 e. The van der Waals surface area contributed by atoms with Crippen molar-refractivity contribution in [3.05, 3.63) is 98.7 Å². The van der Waals surface area contributed by atoms with Crippen LogP contribution in [0.25, 0.3) is 6.08 Å². The van der Waals surface area contributed by atoms with Crippen LogP contribution in [0.1, 0.15) is 40.5 Å². The van der Waals surface area contributed by atoms with Gasteiger partial charge < -0.3 is 9.80 Å². The lowest BCUT2D eigenvalue weighted by Crippen LogP contribution is -2.47. The van der Waals surface area contributed by atoms with Gasteiger partial charge in [-0.3, -0.25) is 9.59 Å². The second-order valence-corrected chi connectivity index (χ2v) is 9.97. The molecule has 1 atom stereocenters. The van der Waals surface area contributed by atoms with Gasteiger partial charge in [0.2, 0.25) is 11.8 Å². The van der Waals surface area contributed by atoms with Gasteiger partial charge in [0.15, 0.2) is 0 Å². The molecular formula is C27H25ClN2O2S. The molecule has 2 amide bonds. The number of benzene rings is 2. The molecule has 0 N–H and O–H groups in total. The molecule has 1 aromatic heterocycles. The van der Waals surface area contributed by atoms with Crippen molar-refractivity contribution >= 4 is 40.8 Å². The molecule has 0 saturated heterocycles. The van der Waals surface area contributed by atoms with Gasteiger partial charge in [-0.25, -0.2) is 0 Å². The van der Waals surface area contributed by atoms with E-state index in [2.05, 4.69) is 11.4 Å². The van der Waals surface area contributed by atoms with Crippen LogP contribution in [-0.2, 0) is 16.0 Å². The first-order valence-electron chi connectivity index (χ1n) is 11.2. The van der Waals surface area contributed by atoms with E-state index in [4.69, 9.17) is 11.6 Å². The molecule has 2 aromatic carbocycles. The first-order valence-corrected chi connectivity index (χ1v) is 12.5. The minimum absolute atomic E-state index is 0.0137. The second kappa shape index (κ2) is 9.54. The van der Waals surface area contributed by atoms with Gasteiger partial charge in [0.05, 0.1) is 6.04 Å². The van der Waals surface area contributed by atoms with Crippen molar-refractivity contribution in [1.29, 1.82) is 0 Å². The molecule has 1 unspecified atom stereocenters. The van der Waals surface area contributed by atoms with E-state index in [0.29, 0.717) is 11.6 Å². The summed E-state index contributed by atoms with van der Waals surface area (Å²) in [5.74, 6) is -0.119. The highest BCUT2D eigenvalue weighted by molar-refractivity contribution is 7.10. The van der Waals surface area contributed by atoms with Gasteiger partial charge in [-0.2, -0.15) is 0 Å². The molecular weight excluding hydrogens is 452 g/mol. The van der Waals surface area contributed by atoms with E-state index < -0.39 is 0 Å². The summed E-state index contributed by atoms with van der Waals surface area (Å²) < 4.78 is 0. The van der Waals surface area contributed by atoms with Gasteiger partial charge in [-0.1, -0.05) is 54.1 Å². The first kappa shape index (κ1) is 21.9. The summed E-state index contributed by atoms with van der Waals surface area (Å²) in [5, 5.41) is 2.77. The van der Waals surface area contributed by atoms with E-state index >= 15 is 0 Å². The van der Waals surface area contributed by atoms with Crippen LogP contribution in [0.15, 0.2) is 72.1 Å². The molecule has 3 aromatic rings. The number of rotatable bonds is 6. The van der Waals surface area contributed by atoms with Crippen molar-refractivity contribution in [3.63, 3.8) is 0 Å². The van der Waals surface area contributed by atoms with Crippen LogP contribution in [0.3, 0.4) is 0 Å². The van der Waals surface area contributed by atoms with E-state index in [-0.39, 0.29) is 30.4 Å². The number of fused-ring (bicyclic) bond motifs is 1. The molecule has 1 fully saturated rings. The quantitative estimate of drug-likeness (QED) is 0.436. The zero-order valence-corrected chi connectivity index (χ0v) is 19.8. The van der Waals surface area contributed by atoms with Gasteiger partial charge in [0.1, 0.15) is 6.54 Å². The molecule has 1 aliphatic heterocycles. The standard InChI is InChI=1S/C27H25ClN2O2S/c28-21-9-7-20(8-10-21)27-23-15-17-33-24(23)14-16-29(27)26(32)18-30(22-11-12-22)25(31)13-6-19-4-2-1-3-5-19/h1-10,13,15,17,22,27H,11-12,14,16,18H2. The number of carbonyl (C=O) groups is 2. The van der Waals surface area contributed by atoms with Crippen molar-refractivity contribution in [2.45, 2.75) is 31.3 Å². The Morgan fingerprint density at radius 2 is 1.82 bits per heavy atom. The summed E-state index contributed by atoms with van der Waals surface area (Å²) in [4.78, 5) is 31.6. The Labute approximate surface area is 203 Å². The van der Waals surface area contributed by atoms with Crippen LogP contribution < -0.4 is 0 Å². The Morgan fingerprint density at radius 1 is 1.06 bits per heavy atom. The molecule has 4 nitrogen and oxygen atoms in total. The lowest BCUT2D eigenvalue weighted by atomic mass is 9.93. The van der Waals surface area contributed by atoms with Crippen LogP contribution in [0.5, 0.6) is 0 Å². The molecule has 33 heavy (non-hydrogen) atoms.